The summed E-state index contributed by atoms with van der Waals surface area (Å²) in [6, 6.07) is 0. The second kappa shape index (κ2) is 10.7. The normalized spacial score (nSPS) is 23.8. The van der Waals surface area contributed by atoms with E-state index in [1.165, 1.54) is 0 Å². The zero-order chi connectivity index (χ0) is 17.2. The lowest BCUT2D eigenvalue weighted by molar-refractivity contribution is -0.152. The van der Waals surface area contributed by atoms with E-state index in [1.54, 1.807) is 0 Å². The van der Waals surface area contributed by atoms with E-state index in [9.17, 15) is 14.7 Å². The highest BCUT2D eigenvalue weighted by molar-refractivity contribution is 6.37. The van der Waals surface area contributed by atoms with Crippen LogP contribution < -0.4 is 0 Å². The summed E-state index contributed by atoms with van der Waals surface area (Å²) in [4.78, 5) is 23.1. The van der Waals surface area contributed by atoms with Crippen LogP contribution in [0.1, 0.15) is 26.7 Å². The molecule has 0 aliphatic carbocycles. The summed E-state index contributed by atoms with van der Waals surface area (Å²) >= 11 is 0. The van der Waals surface area contributed by atoms with Gasteiger partial charge < -0.3 is 29.2 Å². The van der Waals surface area contributed by atoms with Crippen molar-refractivity contribution in [1.29, 1.82) is 0 Å². The van der Waals surface area contributed by atoms with Gasteiger partial charge in [-0.05, 0) is 13.3 Å². The van der Waals surface area contributed by atoms with E-state index in [-0.39, 0.29) is 6.61 Å². The van der Waals surface area contributed by atoms with E-state index < -0.39 is 42.8 Å². The molecule has 23 heavy (non-hydrogen) atoms. The van der Waals surface area contributed by atoms with Crippen molar-refractivity contribution in [1.82, 2.24) is 0 Å². The van der Waals surface area contributed by atoms with Gasteiger partial charge in [0.05, 0.1) is 19.8 Å². The highest BCUT2D eigenvalue weighted by atomic mass is 16.6. The number of hydrogen-bond acceptors (Lipinski definition) is 8. The quantitative estimate of drug-likeness (QED) is 0.278. The van der Waals surface area contributed by atoms with Gasteiger partial charge >= 0.3 is 5.97 Å². The molecule has 4 atom stereocenters. The zero-order valence-corrected chi connectivity index (χ0v) is 13.6. The maximum Gasteiger partial charge on any atom is 0.378 e. The van der Waals surface area contributed by atoms with E-state index >= 15 is 0 Å². The number of carbonyl (C=O) groups is 2. The monoisotopic (exact) mass is 334 g/mol. The highest BCUT2D eigenvalue weighted by Crippen LogP contribution is 2.19. The molecule has 0 saturated carbocycles. The molecular weight excluding hydrogens is 308 g/mol. The Morgan fingerprint density at radius 2 is 2.00 bits per heavy atom. The Balaban J connectivity index is 2.57. The van der Waals surface area contributed by atoms with Crippen molar-refractivity contribution in [3.8, 4) is 0 Å². The summed E-state index contributed by atoms with van der Waals surface area (Å²) in [7, 11) is 0. The molecule has 1 rings (SSSR count). The molecule has 1 heterocycles. The third-order valence-electron chi connectivity index (χ3n) is 3.39. The summed E-state index contributed by atoms with van der Waals surface area (Å²) in [6.45, 7) is 4.62. The van der Waals surface area contributed by atoms with Gasteiger partial charge in [-0.3, -0.25) is 4.79 Å². The average molecular weight is 334 g/mol. The summed E-state index contributed by atoms with van der Waals surface area (Å²) in [5.74, 6) is -1.94. The number of hydrogen-bond donors (Lipinski definition) is 2. The van der Waals surface area contributed by atoms with Crippen LogP contribution in [0.15, 0.2) is 0 Å². The molecule has 134 valence electrons. The molecule has 2 N–H and O–H groups in total. The van der Waals surface area contributed by atoms with Gasteiger partial charge in [-0.25, -0.2) is 4.79 Å². The molecule has 0 radical (unpaired) electrons. The Morgan fingerprint density at radius 3 is 2.61 bits per heavy atom. The number of esters is 1. The second-order valence-electron chi connectivity index (χ2n) is 5.24. The minimum Gasteiger partial charge on any atom is -0.450 e. The largest absolute Gasteiger partial charge is 0.450 e. The minimum absolute atomic E-state index is 0.0193. The number of aliphatic hydroxyl groups is 2. The number of cyclic esters (lactones) is 1. The molecule has 2 unspecified atom stereocenters. The lowest BCUT2D eigenvalue weighted by Gasteiger charge is -2.23. The Labute approximate surface area is 135 Å². The highest BCUT2D eigenvalue weighted by Gasteiger charge is 2.48. The number of ether oxygens (including phenoxy) is 4. The molecule has 0 aromatic rings. The smallest absolute Gasteiger partial charge is 0.378 e. The molecular formula is C15H26O8. The average Bonchev–Trinajstić information content (AvgIpc) is 2.84. The molecule has 8 nitrogen and oxygen atoms in total. The minimum atomic E-state index is -1.37. The summed E-state index contributed by atoms with van der Waals surface area (Å²) in [6.07, 6.45) is -2.35. The molecule has 0 amide bonds. The Morgan fingerprint density at radius 1 is 1.26 bits per heavy atom. The van der Waals surface area contributed by atoms with Crippen molar-refractivity contribution < 1.29 is 38.7 Å². The van der Waals surface area contributed by atoms with Crippen LogP contribution in [0, 0.1) is 0 Å². The first-order valence-electron chi connectivity index (χ1n) is 7.89. The maximum absolute atomic E-state index is 11.8. The van der Waals surface area contributed by atoms with E-state index in [4.69, 9.17) is 24.1 Å². The lowest BCUT2D eigenvalue weighted by Crippen LogP contribution is -2.42. The molecule has 0 aromatic heterocycles. The van der Waals surface area contributed by atoms with Gasteiger partial charge in [0.2, 0.25) is 0 Å². The Kier molecular flexibility index (Phi) is 9.27. The van der Waals surface area contributed by atoms with Gasteiger partial charge in [0, 0.05) is 13.2 Å². The third-order valence-corrected chi connectivity index (χ3v) is 3.39. The van der Waals surface area contributed by atoms with Crippen molar-refractivity contribution in [3.05, 3.63) is 0 Å². The molecule has 0 aromatic carbocycles. The van der Waals surface area contributed by atoms with Crippen LogP contribution in [0.3, 0.4) is 0 Å². The van der Waals surface area contributed by atoms with Crippen molar-refractivity contribution in [2.75, 3.05) is 33.0 Å². The first-order valence-corrected chi connectivity index (χ1v) is 7.89. The van der Waals surface area contributed by atoms with Crippen molar-refractivity contribution in [3.63, 3.8) is 0 Å². The van der Waals surface area contributed by atoms with Gasteiger partial charge in [-0.15, -0.1) is 0 Å². The van der Waals surface area contributed by atoms with Crippen LogP contribution in [-0.2, 0) is 28.5 Å². The standard InChI is InChI=1S/C15H26O8/c1-3-5-6-21-10(8-20-4-2)9-22-14-12(18)15(19)23-13(14)11(17)7-16/h10-11,13-14,16-17H,3-9H2,1-2H3/t10?,11-,13+,14?/m0/s1. The van der Waals surface area contributed by atoms with Gasteiger partial charge in [-0.1, -0.05) is 13.3 Å². The predicted octanol–water partition coefficient (Wildman–Crippen LogP) is -0.559. The first kappa shape index (κ1) is 20.0. The predicted molar refractivity (Wildman–Crippen MR) is 78.9 cm³/mol. The van der Waals surface area contributed by atoms with Crippen LogP contribution in [0.5, 0.6) is 0 Å². The topological polar surface area (TPSA) is 112 Å². The van der Waals surface area contributed by atoms with E-state index in [2.05, 4.69) is 0 Å². The zero-order valence-electron chi connectivity index (χ0n) is 13.6. The molecule has 8 heteroatoms. The lowest BCUT2D eigenvalue weighted by atomic mass is 10.1. The third kappa shape index (κ3) is 6.15. The summed E-state index contributed by atoms with van der Waals surface area (Å²) in [5, 5.41) is 18.6. The number of unbranched alkanes of at least 4 members (excludes halogenated alkanes) is 1. The van der Waals surface area contributed by atoms with Gasteiger partial charge in [0.25, 0.3) is 5.78 Å². The van der Waals surface area contributed by atoms with Crippen molar-refractivity contribution in [2.24, 2.45) is 0 Å². The van der Waals surface area contributed by atoms with Crippen molar-refractivity contribution >= 4 is 11.8 Å². The fourth-order valence-electron chi connectivity index (χ4n) is 2.06. The molecule has 0 bridgehead atoms. The van der Waals surface area contributed by atoms with E-state index in [1.807, 2.05) is 13.8 Å². The van der Waals surface area contributed by atoms with Crippen LogP contribution in [-0.4, -0.2) is 79.4 Å². The first-order chi connectivity index (χ1) is 11.0. The molecule has 1 saturated heterocycles. The molecule has 1 fully saturated rings. The Hall–Kier alpha value is -1.06. The van der Waals surface area contributed by atoms with Gasteiger partial charge in [0.1, 0.15) is 12.2 Å². The SMILES string of the molecule is CCCCOC(COCC)COC1C(=O)C(=O)O[C@@H]1[C@@H](O)CO. The molecule has 1 aliphatic heterocycles. The van der Waals surface area contributed by atoms with E-state index in [0.29, 0.717) is 19.8 Å². The van der Waals surface area contributed by atoms with Crippen LogP contribution in [0.4, 0.5) is 0 Å². The van der Waals surface area contributed by atoms with Crippen LogP contribution in [0.2, 0.25) is 0 Å². The number of ketones is 1. The molecule has 0 spiro atoms. The Bertz CT molecular complexity index is 372. The van der Waals surface area contributed by atoms with Gasteiger partial charge in [0.15, 0.2) is 12.2 Å². The number of carbonyl (C=O) groups excluding carboxylic acids is 2. The van der Waals surface area contributed by atoms with Crippen LogP contribution in [0.25, 0.3) is 0 Å². The second-order valence-corrected chi connectivity index (χ2v) is 5.24. The van der Waals surface area contributed by atoms with E-state index in [0.717, 1.165) is 12.8 Å². The maximum atomic E-state index is 11.8. The fraction of sp³-hybridized carbons (Fsp3) is 0.867. The number of Topliss-reactive ketones (excluding diaryl/α,β-unsaturated/α-hetero) is 1. The van der Waals surface area contributed by atoms with Gasteiger partial charge in [-0.2, -0.15) is 0 Å². The fourth-order valence-corrected chi connectivity index (χ4v) is 2.06. The van der Waals surface area contributed by atoms with Crippen LogP contribution >= 0.6 is 0 Å². The number of aliphatic hydroxyl groups excluding tert-OH is 2. The summed E-state index contributed by atoms with van der Waals surface area (Å²) < 4.78 is 21.1. The number of rotatable bonds is 12. The molecule has 1 aliphatic rings. The van der Waals surface area contributed by atoms with Crippen molar-refractivity contribution in [2.45, 2.75) is 51.1 Å². The summed E-state index contributed by atoms with van der Waals surface area (Å²) in [5.41, 5.74) is 0.